The molecule has 6 heteroatoms. The van der Waals surface area contributed by atoms with Crippen molar-refractivity contribution in [2.24, 2.45) is 0 Å². The van der Waals surface area contributed by atoms with Crippen molar-refractivity contribution >= 4 is 0 Å². The molecular weight excluding hydrogens is 366 g/mol. The summed E-state index contributed by atoms with van der Waals surface area (Å²) in [6.07, 6.45) is 8.82. The van der Waals surface area contributed by atoms with Gasteiger partial charge in [-0.2, -0.15) is 0 Å². The molecule has 0 bridgehead atoms. The van der Waals surface area contributed by atoms with Gasteiger partial charge in [0.15, 0.2) is 0 Å². The van der Waals surface area contributed by atoms with Crippen LogP contribution in [0, 0.1) is 0 Å². The minimum absolute atomic E-state index is 0.598. The first-order valence-electron chi connectivity index (χ1n) is 9.44. The molecule has 3 rings (SSSR count). The molecule has 3 aromatic rings. The van der Waals surface area contributed by atoms with E-state index in [1.165, 1.54) is 0 Å². The number of rotatable bonds is 6. The SMILES string of the molecule is CC.COCc1ccccn1.COCc1cccnc1.COCc1ccncc1. The lowest BCUT2D eigenvalue weighted by molar-refractivity contribution is 0.181. The molecule has 0 N–H and O–H groups in total. The van der Waals surface area contributed by atoms with Crippen molar-refractivity contribution in [2.45, 2.75) is 33.7 Å². The summed E-state index contributed by atoms with van der Waals surface area (Å²) in [6, 6.07) is 13.5. The minimum Gasteiger partial charge on any atom is -0.380 e. The number of methoxy groups -OCH3 is 3. The molecule has 0 aromatic carbocycles. The van der Waals surface area contributed by atoms with E-state index in [1.807, 2.05) is 56.3 Å². The van der Waals surface area contributed by atoms with Crippen LogP contribution in [0.1, 0.15) is 30.7 Å². The van der Waals surface area contributed by atoms with Crippen molar-refractivity contribution in [3.63, 3.8) is 0 Å². The maximum Gasteiger partial charge on any atom is 0.0884 e. The summed E-state index contributed by atoms with van der Waals surface area (Å²) in [5.41, 5.74) is 3.24. The van der Waals surface area contributed by atoms with Gasteiger partial charge in [-0.25, -0.2) is 0 Å². The van der Waals surface area contributed by atoms with Crippen LogP contribution in [0.4, 0.5) is 0 Å². The van der Waals surface area contributed by atoms with Crippen LogP contribution in [0.2, 0.25) is 0 Å². The predicted molar refractivity (Wildman–Crippen MR) is 116 cm³/mol. The summed E-state index contributed by atoms with van der Waals surface area (Å²) in [5, 5.41) is 0. The topological polar surface area (TPSA) is 66.4 Å². The normalized spacial score (nSPS) is 9.00. The summed E-state index contributed by atoms with van der Waals surface area (Å²) in [7, 11) is 5.02. The molecule has 0 atom stereocenters. The molecule has 0 spiro atoms. The van der Waals surface area contributed by atoms with Gasteiger partial charge >= 0.3 is 0 Å². The molecule has 3 heterocycles. The molecule has 0 amide bonds. The highest BCUT2D eigenvalue weighted by Gasteiger charge is 1.87. The highest BCUT2D eigenvalue weighted by Crippen LogP contribution is 1.96. The van der Waals surface area contributed by atoms with Gasteiger partial charge in [-0.1, -0.05) is 26.0 Å². The second-order valence-corrected chi connectivity index (χ2v) is 5.34. The van der Waals surface area contributed by atoms with Gasteiger partial charge in [0.25, 0.3) is 0 Å². The maximum atomic E-state index is 4.90. The Morgan fingerprint density at radius 1 is 0.621 bits per heavy atom. The molecule has 3 aromatic heterocycles. The van der Waals surface area contributed by atoms with Crippen molar-refractivity contribution < 1.29 is 14.2 Å². The Labute approximate surface area is 174 Å². The average Bonchev–Trinajstić information content (AvgIpc) is 2.79. The molecule has 29 heavy (non-hydrogen) atoms. The van der Waals surface area contributed by atoms with Crippen LogP contribution >= 0.6 is 0 Å². The lowest BCUT2D eigenvalue weighted by Gasteiger charge is -1.94. The standard InChI is InChI=1S/3C7H9NO.C2H6/c1-9-6-7-2-4-8-5-3-7;1-9-6-7-3-2-4-8-5-7;1-9-6-7-4-2-3-5-8-7;1-2/h3*2-5H,6H2,1H3;1-2H3. The number of nitrogens with zero attached hydrogens (tertiary/aromatic N) is 3. The summed E-state index contributed by atoms with van der Waals surface area (Å²) in [6.45, 7) is 5.91. The van der Waals surface area contributed by atoms with E-state index in [1.54, 1.807) is 52.3 Å². The fourth-order valence-corrected chi connectivity index (χ4v) is 1.93. The summed E-state index contributed by atoms with van der Waals surface area (Å²) < 4.78 is 14.7. The van der Waals surface area contributed by atoms with E-state index in [9.17, 15) is 0 Å². The average molecular weight is 400 g/mol. The summed E-state index contributed by atoms with van der Waals surface area (Å²) >= 11 is 0. The Balaban J connectivity index is 0.000000388. The van der Waals surface area contributed by atoms with E-state index in [-0.39, 0.29) is 0 Å². The molecule has 0 aliphatic carbocycles. The summed E-state index contributed by atoms with van der Waals surface area (Å²) in [5.74, 6) is 0. The van der Waals surface area contributed by atoms with Crippen LogP contribution in [0.3, 0.4) is 0 Å². The first-order chi connectivity index (χ1) is 14.3. The van der Waals surface area contributed by atoms with Gasteiger partial charge in [0.2, 0.25) is 0 Å². The van der Waals surface area contributed by atoms with Crippen LogP contribution in [0.25, 0.3) is 0 Å². The molecule has 0 fully saturated rings. The van der Waals surface area contributed by atoms with E-state index >= 15 is 0 Å². The quantitative estimate of drug-likeness (QED) is 0.598. The Morgan fingerprint density at radius 3 is 1.79 bits per heavy atom. The fourth-order valence-electron chi connectivity index (χ4n) is 1.93. The van der Waals surface area contributed by atoms with Crippen molar-refractivity contribution in [1.82, 2.24) is 15.0 Å². The van der Waals surface area contributed by atoms with Gasteiger partial charge in [-0.05, 0) is 41.5 Å². The van der Waals surface area contributed by atoms with Gasteiger partial charge in [0.1, 0.15) is 0 Å². The van der Waals surface area contributed by atoms with Gasteiger partial charge < -0.3 is 14.2 Å². The van der Waals surface area contributed by atoms with E-state index in [2.05, 4.69) is 15.0 Å². The molecule has 0 saturated heterocycles. The van der Waals surface area contributed by atoms with Crippen LogP contribution in [0.15, 0.2) is 73.4 Å². The van der Waals surface area contributed by atoms with Crippen molar-refractivity contribution in [3.8, 4) is 0 Å². The summed E-state index contributed by atoms with van der Waals surface area (Å²) in [4.78, 5) is 11.8. The van der Waals surface area contributed by atoms with Gasteiger partial charge in [0.05, 0.1) is 25.5 Å². The van der Waals surface area contributed by atoms with E-state index in [4.69, 9.17) is 14.2 Å². The first kappa shape index (κ1) is 26.3. The lowest BCUT2D eigenvalue weighted by Crippen LogP contribution is -1.88. The molecule has 0 aliphatic rings. The fraction of sp³-hybridized carbons (Fsp3) is 0.348. The molecule has 0 aliphatic heterocycles. The zero-order chi connectivity index (χ0) is 21.6. The third-order valence-corrected chi connectivity index (χ3v) is 3.11. The first-order valence-corrected chi connectivity index (χ1v) is 9.44. The molecule has 0 unspecified atom stereocenters. The molecule has 158 valence electrons. The highest BCUT2D eigenvalue weighted by atomic mass is 16.5. The Kier molecular flexibility index (Phi) is 18.2. The van der Waals surface area contributed by atoms with Crippen molar-refractivity contribution in [2.75, 3.05) is 21.3 Å². The molecular formula is C23H33N3O3. The molecule has 0 radical (unpaired) electrons. The van der Waals surface area contributed by atoms with Gasteiger partial charge in [-0.15, -0.1) is 0 Å². The van der Waals surface area contributed by atoms with Gasteiger partial charge in [0, 0.05) is 52.3 Å². The zero-order valence-electron chi connectivity index (χ0n) is 18.1. The lowest BCUT2D eigenvalue weighted by atomic mass is 10.3. The van der Waals surface area contributed by atoms with Crippen LogP contribution < -0.4 is 0 Å². The Hall–Kier alpha value is -2.67. The van der Waals surface area contributed by atoms with Crippen LogP contribution in [-0.2, 0) is 34.0 Å². The van der Waals surface area contributed by atoms with Gasteiger partial charge in [-0.3, -0.25) is 15.0 Å². The van der Waals surface area contributed by atoms with E-state index in [0.29, 0.717) is 19.8 Å². The minimum atomic E-state index is 0.598. The number of pyridine rings is 3. The Bertz CT molecular complexity index is 585. The maximum absolute atomic E-state index is 4.90. The molecule has 0 saturated carbocycles. The molecule has 6 nitrogen and oxygen atoms in total. The smallest absolute Gasteiger partial charge is 0.0884 e. The number of hydrogen-bond acceptors (Lipinski definition) is 6. The van der Waals surface area contributed by atoms with E-state index < -0.39 is 0 Å². The van der Waals surface area contributed by atoms with Crippen LogP contribution in [-0.4, -0.2) is 36.3 Å². The monoisotopic (exact) mass is 399 g/mol. The van der Waals surface area contributed by atoms with Crippen molar-refractivity contribution in [3.05, 3.63) is 90.3 Å². The largest absolute Gasteiger partial charge is 0.380 e. The second-order valence-electron chi connectivity index (χ2n) is 5.34. The third kappa shape index (κ3) is 15.0. The van der Waals surface area contributed by atoms with Crippen LogP contribution in [0.5, 0.6) is 0 Å². The number of hydrogen-bond donors (Lipinski definition) is 0. The van der Waals surface area contributed by atoms with Crippen molar-refractivity contribution in [1.29, 1.82) is 0 Å². The number of aromatic nitrogens is 3. The number of ether oxygens (including phenoxy) is 3. The Morgan fingerprint density at radius 2 is 1.28 bits per heavy atom. The second kappa shape index (κ2) is 20.1. The predicted octanol–water partition coefficient (Wildman–Crippen LogP) is 4.71. The van der Waals surface area contributed by atoms with E-state index in [0.717, 1.165) is 16.8 Å². The highest BCUT2D eigenvalue weighted by molar-refractivity contribution is 5.08. The zero-order valence-corrected chi connectivity index (χ0v) is 18.1. The third-order valence-electron chi connectivity index (χ3n) is 3.11.